The first kappa shape index (κ1) is 11.1. The van der Waals surface area contributed by atoms with Crippen LogP contribution in [0.5, 0.6) is 0 Å². The molecule has 1 rings (SSSR count). The van der Waals surface area contributed by atoms with Gasteiger partial charge in [-0.2, -0.15) is 0 Å². The van der Waals surface area contributed by atoms with E-state index in [0.717, 1.165) is 6.29 Å². The molecule has 0 aromatic rings. The number of hydrogen-bond acceptors (Lipinski definition) is 3. The molecular formula is C10H15FO3. The molecule has 80 valence electrons. The Labute approximate surface area is 82.6 Å². The highest BCUT2D eigenvalue weighted by Gasteiger charge is 2.36. The van der Waals surface area contributed by atoms with Crippen molar-refractivity contribution >= 4 is 12.3 Å². The van der Waals surface area contributed by atoms with Crippen molar-refractivity contribution in [3.63, 3.8) is 0 Å². The highest BCUT2D eigenvalue weighted by atomic mass is 19.1. The first-order valence-electron chi connectivity index (χ1n) is 4.95. The van der Waals surface area contributed by atoms with Crippen molar-refractivity contribution in [3.05, 3.63) is 0 Å². The number of halogens is 1. The molecule has 0 N–H and O–H groups in total. The van der Waals surface area contributed by atoms with E-state index in [9.17, 15) is 14.0 Å². The third kappa shape index (κ3) is 2.53. The van der Waals surface area contributed by atoms with Crippen LogP contribution in [0.15, 0.2) is 0 Å². The maximum Gasteiger partial charge on any atom is 0.309 e. The number of alkyl halides is 1. The average molecular weight is 202 g/mol. The molecule has 1 aliphatic carbocycles. The van der Waals surface area contributed by atoms with Gasteiger partial charge in [0.1, 0.15) is 12.5 Å². The summed E-state index contributed by atoms with van der Waals surface area (Å²) in [6, 6.07) is 0. The SMILES string of the molecule is CCOC(=O)C1CC(F)CCC1C=O. The molecule has 0 aromatic heterocycles. The lowest BCUT2D eigenvalue weighted by atomic mass is 9.79. The van der Waals surface area contributed by atoms with Crippen molar-refractivity contribution in [2.24, 2.45) is 11.8 Å². The molecule has 4 heteroatoms. The summed E-state index contributed by atoms with van der Waals surface area (Å²) in [6.45, 7) is 1.97. The van der Waals surface area contributed by atoms with E-state index in [2.05, 4.69) is 0 Å². The van der Waals surface area contributed by atoms with Crippen molar-refractivity contribution in [1.29, 1.82) is 0 Å². The Balaban J connectivity index is 2.60. The number of aldehydes is 1. The minimum Gasteiger partial charge on any atom is -0.466 e. The lowest BCUT2D eigenvalue weighted by molar-refractivity contribution is -0.153. The number of rotatable bonds is 3. The van der Waals surface area contributed by atoms with E-state index in [4.69, 9.17) is 4.74 Å². The fourth-order valence-corrected chi connectivity index (χ4v) is 1.83. The second kappa shape index (κ2) is 5.08. The number of ether oxygens (including phenoxy) is 1. The summed E-state index contributed by atoms with van der Waals surface area (Å²) in [4.78, 5) is 22.0. The van der Waals surface area contributed by atoms with Crippen LogP contribution in [0, 0.1) is 11.8 Å². The molecule has 3 unspecified atom stereocenters. The molecule has 1 aliphatic rings. The van der Waals surface area contributed by atoms with E-state index in [1.807, 2.05) is 0 Å². The number of hydrogen-bond donors (Lipinski definition) is 0. The van der Waals surface area contributed by atoms with Crippen molar-refractivity contribution in [2.75, 3.05) is 6.61 Å². The molecule has 3 atom stereocenters. The zero-order valence-electron chi connectivity index (χ0n) is 8.24. The van der Waals surface area contributed by atoms with Gasteiger partial charge in [0.15, 0.2) is 0 Å². The van der Waals surface area contributed by atoms with Crippen LogP contribution in [0.3, 0.4) is 0 Å². The fourth-order valence-electron chi connectivity index (χ4n) is 1.83. The molecule has 0 aromatic carbocycles. The molecule has 0 spiro atoms. The van der Waals surface area contributed by atoms with Gasteiger partial charge in [0.2, 0.25) is 0 Å². The van der Waals surface area contributed by atoms with Gasteiger partial charge in [-0.05, 0) is 26.2 Å². The predicted molar refractivity (Wildman–Crippen MR) is 48.4 cm³/mol. The molecule has 0 bridgehead atoms. The maximum atomic E-state index is 13.0. The normalized spacial score (nSPS) is 32.3. The van der Waals surface area contributed by atoms with Gasteiger partial charge in [0, 0.05) is 5.92 Å². The molecule has 0 amide bonds. The minimum atomic E-state index is -0.972. The van der Waals surface area contributed by atoms with Crippen molar-refractivity contribution in [1.82, 2.24) is 0 Å². The Morgan fingerprint density at radius 1 is 1.57 bits per heavy atom. The third-order valence-electron chi connectivity index (χ3n) is 2.60. The quantitative estimate of drug-likeness (QED) is 0.514. The zero-order chi connectivity index (χ0) is 10.6. The lowest BCUT2D eigenvalue weighted by Gasteiger charge is -2.27. The lowest BCUT2D eigenvalue weighted by Crippen LogP contribution is -2.33. The van der Waals surface area contributed by atoms with Crippen LogP contribution >= 0.6 is 0 Å². The maximum absolute atomic E-state index is 13.0. The molecule has 0 heterocycles. The summed E-state index contributed by atoms with van der Waals surface area (Å²) in [6.07, 6.45) is 0.726. The highest BCUT2D eigenvalue weighted by Crippen LogP contribution is 2.31. The van der Waals surface area contributed by atoms with E-state index < -0.39 is 18.1 Å². The van der Waals surface area contributed by atoms with Crippen LogP contribution in [-0.4, -0.2) is 25.0 Å². The minimum absolute atomic E-state index is 0.127. The molecule has 0 saturated heterocycles. The second-order valence-corrected chi connectivity index (χ2v) is 3.57. The number of carbonyl (C=O) groups excluding carboxylic acids is 2. The summed E-state index contributed by atoms with van der Waals surface area (Å²) in [5, 5.41) is 0. The number of carbonyl (C=O) groups is 2. The van der Waals surface area contributed by atoms with E-state index in [-0.39, 0.29) is 18.9 Å². The Morgan fingerprint density at radius 3 is 2.86 bits per heavy atom. The Kier molecular flexibility index (Phi) is 4.04. The van der Waals surface area contributed by atoms with Crippen molar-refractivity contribution in [2.45, 2.75) is 32.4 Å². The van der Waals surface area contributed by atoms with E-state index in [0.29, 0.717) is 12.8 Å². The Bertz CT molecular complexity index is 217. The van der Waals surface area contributed by atoms with E-state index in [1.54, 1.807) is 6.92 Å². The summed E-state index contributed by atoms with van der Waals surface area (Å²) < 4.78 is 17.8. The van der Waals surface area contributed by atoms with Gasteiger partial charge in [0.25, 0.3) is 0 Å². The van der Waals surface area contributed by atoms with Gasteiger partial charge in [-0.1, -0.05) is 0 Å². The summed E-state index contributed by atoms with van der Waals surface area (Å²) in [7, 11) is 0. The highest BCUT2D eigenvalue weighted by molar-refractivity contribution is 5.77. The first-order chi connectivity index (χ1) is 6.69. The summed E-state index contributed by atoms with van der Waals surface area (Å²) >= 11 is 0. The first-order valence-corrected chi connectivity index (χ1v) is 4.95. The van der Waals surface area contributed by atoms with Gasteiger partial charge in [-0.25, -0.2) is 4.39 Å². The van der Waals surface area contributed by atoms with Gasteiger partial charge >= 0.3 is 5.97 Å². The van der Waals surface area contributed by atoms with Crippen LogP contribution in [0.4, 0.5) is 4.39 Å². The van der Waals surface area contributed by atoms with Crippen LogP contribution in [0.1, 0.15) is 26.2 Å². The molecule has 1 saturated carbocycles. The van der Waals surface area contributed by atoms with Crippen molar-refractivity contribution < 1.29 is 18.7 Å². The Hall–Kier alpha value is -0.930. The molecule has 0 aliphatic heterocycles. The van der Waals surface area contributed by atoms with Gasteiger partial charge in [-0.3, -0.25) is 4.79 Å². The number of esters is 1. The Morgan fingerprint density at radius 2 is 2.29 bits per heavy atom. The summed E-state index contributed by atoms with van der Waals surface area (Å²) in [5.41, 5.74) is 0. The largest absolute Gasteiger partial charge is 0.466 e. The smallest absolute Gasteiger partial charge is 0.309 e. The molecule has 14 heavy (non-hydrogen) atoms. The standard InChI is InChI=1S/C10H15FO3/c1-2-14-10(13)9-5-8(11)4-3-7(9)6-12/h6-9H,2-5H2,1H3. The van der Waals surface area contributed by atoms with Crippen molar-refractivity contribution in [3.8, 4) is 0 Å². The molecule has 3 nitrogen and oxygen atoms in total. The monoisotopic (exact) mass is 202 g/mol. The average Bonchev–Trinajstić information content (AvgIpc) is 2.18. The van der Waals surface area contributed by atoms with Crippen LogP contribution < -0.4 is 0 Å². The van der Waals surface area contributed by atoms with Crippen LogP contribution in [0.2, 0.25) is 0 Å². The molecule has 1 fully saturated rings. The van der Waals surface area contributed by atoms with Crippen LogP contribution in [0.25, 0.3) is 0 Å². The molecular weight excluding hydrogens is 187 g/mol. The van der Waals surface area contributed by atoms with Gasteiger partial charge < -0.3 is 9.53 Å². The van der Waals surface area contributed by atoms with E-state index in [1.165, 1.54) is 0 Å². The van der Waals surface area contributed by atoms with Crippen LogP contribution in [-0.2, 0) is 14.3 Å². The topological polar surface area (TPSA) is 43.4 Å². The third-order valence-corrected chi connectivity index (χ3v) is 2.60. The van der Waals surface area contributed by atoms with E-state index >= 15 is 0 Å². The zero-order valence-corrected chi connectivity index (χ0v) is 8.24. The second-order valence-electron chi connectivity index (χ2n) is 3.57. The molecule has 0 radical (unpaired) electrons. The van der Waals surface area contributed by atoms with Gasteiger partial charge in [-0.15, -0.1) is 0 Å². The predicted octanol–water partition coefficient (Wildman–Crippen LogP) is 1.50. The van der Waals surface area contributed by atoms with Gasteiger partial charge in [0.05, 0.1) is 12.5 Å². The fraction of sp³-hybridized carbons (Fsp3) is 0.800. The summed E-state index contributed by atoms with van der Waals surface area (Å²) in [5.74, 6) is -1.37.